The van der Waals surface area contributed by atoms with Gasteiger partial charge >= 0.3 is 11.8 Å². The van der Waals surface area contributed by atoms with Crippen molar-refractivity contribution in [3.63, 3.8) is 0 Å². The molecule has 0 saturated carbocycles. The monoisotopic (exact) mass is 495 g/mol. The molecule has 14 heteroatoms. The minimum absolute atomic E-state index is 0.0979. The van der Waals surface area contributed by atoms with Gasteiger partial charge in [-0.2, -0.15) is 4.98 Å². The van der Waals surface area contributed by atoms with Gasteiger partial charge in [-0.1, -0.05) is 0 Å². The van der Waals surface area contributed by atoms with Crippen LogP contribution in [0.25, 0.3) is 0 Å². The summed E-state index contributed by atoms with van der Waals surface area (Å²) in [5.41, 5.74) is -0.0484. The first-order chi connectivity index (χ1) is 16.0. The highest BCUT2D eigenvalue weighted by Crippen LogP contribution is 2.34. The second kappa shape index (κ2) is 10.6. The zero-order valence-corrected chi connectivity index (χ0v) is 19.6. The minimum atomic E-state index is -3.37. The summed E-state index contributed by atoms with van der Waals surface area (Å²) in [6.07, 6.45) is 1.61. The largest absolute Gasteiger partial charge is 0.528 e. The summed E-state index contributed by atoms with van der Waals surface area (Å²) in [4.78, 5) is 35.8. The molecule has 0 atom stereocenters. The van der Waals surface area contributed by atoms with Crippen LogP contribution in [0.2, 0.25) is 0 Å². The first kappa shape index (κ1) is 25.1. The number of nitro groups is 1. The van der Waals surface area contributed by atoms with E-state index in [0.29, 0.717) is 31.6 Å². The second-order valence-electron chi connectivity index (χ2n) is 7.81. The standard InChI is InChI=1S/C20H25N5O8S/c1-13(2)31-20(26)33-24-10-8-15(9-11-24)32-19-17(25(27)28)18(21-12-22-19)23-14-4-6-16(7-5-14)34(3,29)30/h4-7,12-13,15H,8-11H2,1-3H3,(H,21,22,23). The van der Waals surface area contributed by atoms with Crippen molar-refractivity contribution in [2.45, 2.75) is 43.8 Å². The second-order valence-corrected chi connectivity index (χ2v) is 9.82. The maximum Gasteiger partial charge on any atom is 0.528 e. The van der Waals surface area contributed by atoms with Crippen LogP contribution in [-0.2, 0) is 19.4 Å². The van der Waals surface area contributed by atoms with Crippen molar-refractivity contribution in [2.75, 3.05) is 24.7 Å². The van der Waals surface area contributed by atoms with Crippen molar-refractivity contribution < 1.29 is 32.4 Å². The molecule has 184 valence electrons. The average molecular weight is 496 g/mol. The number of anilines is 2. The number of hydrogen-bond acceptors (Lipinski definition) is 12. The van der Waals surface area contributed by atoms with Gasteiger partial charge in [0.25, 0.3) is 5.88 Å². The average Bonchev–Trinajstić information content (AvgIpc) is 2.74. The summed E-state index contributed by atoms with van der Waals surface area (Å²) in [6.45, 7) is 4.14. The summed E-state index contributed by atoms with van der Waals surface area (Å²) in [5.74, 6) is -0.298. The van der Waals surface area contributed by atoms with E-state index in [2.05, 4.69) is 15.3 Å². The van der Waals surface area contributed by atoms with Crippen LogP contribution in [-0.4, -0.2) is 66.1 Å². The molecule has 13 nitrogen and oxygen atoms in total. The highest BCUT2D eigenvalue weighted by Gasteiger charge is 2.30. The summed E-state index contributed by atoms with van der Waals surface area (Å²) in [6, 6.07) is 5.72. The predicted octanol–water partition coefficient (Wildman–Crippen LogP) is 2.85. The molecule has 0 unspecified atom stereocenters. The summed E-state index contributed by atoms with van der Waals surface area (Å²) >= 11 is 0. The van der Waals surface area contributed by atoms with E-state index in [1.807, 2.05) is 0 Å². The van der Waals surface area contributed by atoms with Crippen molar-refractivity contribution in [2.24, 2.45) is 0 Å². The van der Waals surface area contributed by atoms with Gasteiger partial charge in [-0.25, -0.2) is 18.2 Å². The Morgan fingerprint density at radius 1 is 1.21 bits per heavy atom. The van der Waals surface area contributed by atoms with Crippen molar-refractivity contribution in [3.8, 4) is 5.88 Å². The zero-order valence-electron chi connectivity index (χ0n) is 18.8. The molecule has 1 aliphatic heterocycles. The fourth-order valence-corrected chi connectivity index (χ4v) is 3.78. The van der Waals surface area contributed by atoms with Crippen LogP contribution in [0.4, 0.5) is 22.0 Å². The molecule has 0 aliphatic carbocycles. The Kier molecular flexibility index (Phi) is 7.83. The molecule has 0 amide bonds. The molecular formula is C20H25N5O8S. The number of hydrogen-bond donors (Lipinski definition) is 1. The van der Waals surface area contributed by atoms with Crippen LogP contribution in [0, 0.1) is 10.1 Å². The lowest BCUT2D eigenvalue weighted by Crippen LogP contribution is -2.40. The van der Waals surface area contributed by atoms with E-state index in [4.69, 9.17) is 14.3 Å². The van der Waals surface area contributed by atoms with Crippen LogP contribution in [0.15, 0.2) is 35.5 Å². The van der Waals surface area contributed by atoms with E-state index in [-0.39, 0.29) is 22.7 Å². The van der Waals surface area contributed by atoms with Crippen LogP contribution < -0.4 is 10.1 Å². The van der Waals surface area contributed by atoms with Gasteiger partial charge in [0.05, 0.1) is 15.9 Å². The third kappa shape index (κ3) is 6.74. The first-order valence-corrected chi connectivity index (χ1v) is 12.3. The molecule has 1 saturated heterocycles. The maximum absolute atomic E-state index is 11.8. The van der Waals surface area contributed by atoms with E-state index in [9.17, 15) is 23.3 Å². The van der Waals surface area contributed by atoms with Gasteiger partial charge in [-0.05, 0) is 38.1 Å². The fraction of sp³-hybridized carbons (Fsp3) is 0.450. The maximum atomic E-state index is 11.8. The van der Waals surface area contributed by atoms with E-state index in [1.165, 1.54) is 29.3 Å². The number of rotatable bonds is 8. The first-order valence-electron chi connectivity index (χ1n) is 10.4. The lowest BCUT2D eigenvalue weighted by atomic mass is 10.1. The van der Waals surface area contributed by atoms with Crippen LogP contribution in [0.1, 0.15) is 26.7 Å². The Morgan fingerprint density at radius 2 is 1.85 bits per heavy atom. The van der Waals surface area contributed by atoms with Gasteiger partial charge < -0.3 is 19.6 Å². The molecule has 2 heterocycles. The van der Waals surface area contributed by atoms with E-state index in [1.54, 1.807) is 13.8 Å². The lowest BCUT2D eigenvalue weighted by Gasteiger charge is -2.30. The summed E-state index contributed by atoms with van der Waals surface area (Å²) in [5, 5.41) is 16.0. The number of hydroxylamine groups is 2. The number of sulfone groups is 1. The van der Waals surface area contributed by atoms with Gasteiger partial charge in [0.1, 0.15) is 12.4 Å². The number of benzene rings is 1. The van der Waals surface area contributed by atoms with Gasteiger partial charge in [0, 0.05) is 37.9 Å². The molecule has 34 heavy (non-hydrogen) atoms. The molecule has 3 rings (SSSR count). The normalized spacial score (nSPS) is 15.1. The Hall–Kier alpha value is -3.52. The zero-order chi connectivity index (χ0) is 24.9. The van der Waals surface area contributed by atoms with E-state index < -0.39 is 32.7 Å². The summed E-state index contributed by atoms with van der Waals surface area (Å²) < 4.78 is 34.0. The van der Waals surface area contributed by atoms with Crippen molar-refractivity contribution in [1.29, 1.82) is 0 Å². The topological polar surface area (TPSA) is 163 Å². The number of ether oxygens (including phenoxy) is 2. The Bertz CT molecular complexity index is 1130. The van der Waals surface area contributed by atoms with Gasteiger partial charge in [0.15, 0.2) is 9.84 Å². The minimum Gasteiger partial charge on any atom is -0.469 e. The molecule has 1 aliphatic rings. The molecule has 2 aromatic rings. The number of nitrogens with one attached hydrogen (secondary N) is 1. The quantitative estimate of drug-likeness (QED) is 0.324. The van der Waals surface area contributed by atoms with E-state index in [0.717, 1.165) is 12.6 Å². The number of piperidine rings is 1. The highest BCUT2D eigenvalue weighted by atomic mass is 32.2. The highest BCUT2D eigenvalue weighted by molar-refractivity contribution is 7.90. The Balaban J connectivity index is 1.68. The van der Waals surface area contributed by atoms with E-state index >= 15 is 0 Å². The molecule has 0 bridgehead atoms. The number of carbonyl (C=O) groups is 1. The van der Waals surface area contributed by atoms with Crippen molar-refractivity contribution in [1.82, 2.24) is 15.0 Å². The molecule has 1 N–H and O–H groups in total. The number of carbonyl (C=O) groups excluding carboxylic acids is 1. The molecular weight excluding hydrogens is 470 g/mol. The third-order valence-corrected chi connectivity index (χ3v) is 5.86. The summed E-state index contributed by atoms with van der Waals surface area (Å²) in [7, 11) is -3.37. The van der Waals surface area contributed by atoms with Crippen LogP contribution in [0.3, 0.4) is 0 Å². The molecule has 0 spiro atoms. The van der Waals surface area contributed by atoms with Gasteiger partial charge in [-0.3, -0.25) is 10.1 Å². The number of aromatic nitrogens is 2. The fourth-order valence-electron chi connectivity index (χ4n) is 3.15. The number of nitrogens with zero attached hydrogens (tertiary/aromatic N) is 4. The SMILES string of the molecule is CC(C)OC(=O)ON1CCC(Oc2ncnc(Nc3ccc(S(C)(=O)=O)cc3)c2[N+](=O)[O-])CC1. The lowest BCUT2D eigenvalue weighted by molar-refractivity contribution is -0.385. The van der Waals surface area contributed by atoms with Crippen LogP contribution in [0.5, 0.6) is 5.88 Å². The molecule has 0 radical (unpaired) electrons. The van der Waals surface area contributed by atoms with Gasteiger partial charge in [-0.15, -0.1) is 5.06 Å². The smallest absolute Gasteiger partial charge is 0.469 e. The third-order valence-electron chi connectivity index (χ3n) is 4.73. The molecule has 1 aromatic heterocycles. The van der Waals surface area contributed by atoms with Crippen LogP contribution >= 0.6 is 0 Å². The Labute approximate surface area is 196 Å². The van der Waals surface area contributed by atoms with Crippen molar-refractivity contribution in [3.05, 3.63) is 40.7 Å². The Morgan fingerprint density at radius 3 is 2.41 bits per heavy atom. The van der Waals surface area contributed by atoms with Gasteiger partial charge in [0.2, 0.25) is 5.82 Å². The molecule has 1 fully saturated rings. The predicted molar refractivity (Wildman–Crippen MR) is 119 cm³/mol. The molecule has 1 aromatic carbocycles. The van der Waals surface area contributed by atoms with Crippen molar-refractivity contribution >= 4 is 33.2 Å².